The minimum Gasteiger partial charge on any atom is -0.394 e. The monoisotopic (exact) mass is 1440 g/mol. The number of aliphatic hydroxyl groups excluding tert-OH is 8. The standard InChI is InChI=1S/C88H159NO13/c1-3-5-7-9-11-13-15-17-19-21-23-25-27-29-31-32-33-34-35-36-37-38-39-40-41-42-43-44-46-48-50-52-54-56-58-60-62-64-66-68-70-72-80(93)89-76(75-99-87-85(98)83(96)86(79(74-91)101-87)102-88-84(97)82(95)81(94)78(73-90)100-88)77(92)71-69-67-65-63-61-59-57-55-53-51-49-47-45-30-28-26-24-22-20-18-16-14-12-10-8-6-4-2/h5,7,11,13,17,19,23,25,53,55,61,63,69,71,76-79,81-88,90-92,94-98H,3-4,6,8-10,12,14-16,18,20-22,24,26-52,54,56-60,62,64-68,70,72-75H2,1-2H3,(H,89,93)/b7-5-,13-11-,19-17-,25-23-,55-53+,63-61+,71-69+. The van der Waals surface area contributed by atoms with E-state index >= 15 is 0 Å². The van der Waals surface area contributed by atoms with Crippen LogP contribution in [0.5, 0.6) is 0 Å². The largest absolute Gasteiger partial charge is 0.394 e. The molecular weight excluding hydrogens is 1280 g/mol. The molecule has 1 amide bonds. The molecule has 2 rings (SSSR count). The molecule has 0 bridgehead atoms. The molecule has 14 nitrogen and oxygen atoms in total. The Bertz CT molecular complexity index is 2040. The van der Waals surface area contributed by atoms with Crippen molar-refractivity contribution < 1.29 is 64.6 Å². The zero-order chi connectivity index (χ0) is 73.7. The number of ether oxygens (including phenoxy) is 4. The van der Waals surface area contributed by atoms with E-state index in [1.165, 1.54) is 270 Å². The van der Waals surface area contributed by atoms with Crippen molar-refractivity contribution in [3.05, 3.63) is 85.1 Å². The Balaban J connectivity index is 1.57. The fraction of sp³-hybridized carbons (Fsp3) is 0.830. The van der Waals surface area contributed by atoms with Gasteiger partial charge in [-0.1, -0.05) is 369 Å². The van der Waals surface area contributed by atoms with Crippen molar-refractivity contribution in [3.63, 3.8) is 0 Å². The van der Waals surface area contributed by atoms with Gasteiger partial charge < -0.3 is 65.1 Å². The maximum Gasteiger partial charge on any atom is 0.220 e. The number of allylic oxidation sites excluding steroid dienone is 13. The van der Waals surface area contributed by atoms with Gasteiger partial charge in [0.25, 0.3) is 0 Å². The summed E-state index contributed by atoms with van der Waals surface area (Å²) in [4.78, 5) is 13.4. The first kappa shape index (κ1) is 95.2. The summed E-state index contributed by atoms with van der Waals surface area (Å²) >= 11 is 0. The Hall–Kier alpha value is -2.83. The fourth-order valence-corrected chi connectivity index (χ4v) is 13.9. The van der Waals surface area contributed by atoms with Crippen molar-refractivity contribution >= 4 is 5.91 Å². The minimum atomic E-state index is -1.80. The summed E-state index contributed by atoms with van der Waals surface area (Å²) in [6.07, 6.45) is 84.1. The lowest BCUT2D eigenvalue weighted by Gasteiger charge is -2.46. The summed E-state index contributed by atoms with van der Waals surface area (Å²) < 4.78 is 22.9. The Labute approximate surface area is 624 Å². The van der Waals surface area contributed by atoms with Gasteiger partial charge >= 0.3 is 0 Å². The molecule has 0 aliphatic carbocycles. The van der Waals surface area contributed by atoms with E-state index in [1.54, 1.807) is 6.08 Å². The van der Waals surface area contributed by atoms with Crippen LogP contribution in [-0.2, 0) is 23.7 Å². The van der Waals surface area contributed by atoms with Crippen LogP contribution in [-0.4, -0.2) is 140 Å². The minimum absolute atomic E-state index is 0.247. The van der Waals surface area contributed by atoms with Gasteiger partial charge in [-0.25, -0.2) is 0 Å². The molecule has 2 saturated heterocycles. The van der Waals surface area contributed by atoms with Crippen LogP contribution in [0.3, 0.4) is 0 Å². The van der Waals surface area contributed by atoms with Gasteiger partial charge in [0.15, 0.2) is 12.6 Å². The van der Waals surface area contributed by atoms with Gasteiger partial charge in [-0.05, 0) is 83.5 Å². The van der Waals surface area contributed by atoms with Crippen LogP contribution in [0.1, 0.15) is 373 Å². The Kier molecular flexibility index (Phi) is 66.4. The van der Waals surface area contributed by atoms with Gasteiger partial charge in [-0.3, -0.25) is 4.79 Å². The molecule has 0 aromatic heterocycles. The smallest absolute Gasteiger partial charge is 0.220 e. The molecule has 102 heavy (non-hydrogen) atoms. The van der Waals surface area contributed by atoms with Crippen LogP contribution in [0.4, 0.5) is 0 Å². The van der Waals surface area contributed by atoms with Gasteiger partial charge in [0.1, 0.15) is 48.8 Å². The van der Waals surface area contributed by atoms with Crippen molar-refractivity contribution in [2.45, 2.75) is 447 Å². The van der Waals surface area contributed by atoms with E-state index in [4.69, 9.17) is 18.9 Å². The van der Waals surface area contributed by atoms with Gasteiger partial charge in [-0.2, -0.15) is 0 Å². The molecule has 2 fully saturated rings. The van der Waals surface area contributed by atoms with Crippen LogP contribution in [0.2, 0.25) is 0 Å². The number of aliphatic hydroxyl groups is 8. The van der Waals surface area contributed by atoms with Crippen molar-refractivity contribution in [2.24, 2.45) is 0 Å². The number of hydrogen-bond acceptors (Lipinski definition) is 13. The SMILES string of the molecule is CC/C=C\C/C=C\C/C=C\C/C=C\CCCCCCCCCCCCCCCCCCCCCCCCCCCCCCC(=O)NC(COC1OC(CO)C(OC2OC(CO)C(O)C(O)C2O)C(O)C1O)C(O)/C=C/CC/C=C/CC/C=C/CCCCCCCCCCCCCCCCCCC. The second-order valence-corrected chi connectivity index (χ2v) is 29.9. The number of carbonyl (C=O) groups excluding carboxylic acids is 1. The van der Waals surface area contributed by atoms with Gasteiger partial charge in [0, 0.05) is 6.42 Å². The third-order valence-electron chi connectivity index (χ3n) is 20.5. The van der Waals surface area contributed by atoms with E-state index in [9.17, 15) is 45.6 Å². The first-order chi connectivity index (χ1) is 50.1. The van der Waals surface area contributed by atoms with Crippen LogP contribution < -0.4 is 5.32 Å². The highest BCUT2D eigenvalue weighted by Gasteiger charge is 2.51. The van der Waals surface area contributed by atoms with Crippen LogP contribution >= 0.6 is 0 Å². The second-order valence-electron chi connectivity index (χ2n) is 29.9. The molecule has 12 atom stereocenters. The number of rotatable bonds is 72. The maximum absolute atomic E-state index is 13.4. The van der Waals surface area contributed by atoms with Crippen molar-refractivity contribution in [1.82, 2.24) is 5.32 Å². The van der Waals surface area contributed by atoms with E-state index in [1.807, 2.05) is 6.08 Å². The van der Waals surface area contributed by atoms with Gasteiger partial charge in [-0.15, -0.1) is 0 Å². The van der Waals surface area contributed by atoms with E-state index in [0.717, 1.165) is 70.6 Å². The van der Waals surface area contributed by atoms with Crippen LogP contribution in [0.15, 0.2) is 85.1 Å². The molecule has 9 N–H and O–H groups in total. The van der Waals surface area contributed by atoms with E-state index in [0.29, 0.717) is 12.8 Å². The average Bonchev–Trinajstić information content (AvgIpc) is 0.790. The molecular formula is C88H159NO13. The Morgan fingerprint density at radius 1 is 0.363 bits per heavy atom. The highest BCUT2D eigenvalue weighted by molar-refractivity contribution is 5.76. The average molecular weight is 1440 g/mol. The summed E-state index contributed by atoms with van der Waals surface area (Å²) in [6, 6.07) is -0.941. The number of unbranched alkanes of at least 4 members (excludes halogenated alkanes) is 47. The number of hydrogen-bond donors (Lipinski definition) is 9. The molecule has 14 heteroatoms. The topological polar surface area (TPSA) is 228 Å². The van der Waals surface area contributed by atoms with Crippen molar-refractivity contribution in [2.75, 3.05) is 19.8 Å². The van der Waals surface area contributed by atoms with E-state index in [2.05, 4.69) is 92.1 Å². The Morgan fingerprint density at radius 3 is 1.08 bits per heavy atom. The zero-order valence-corrected chi connectivity index (χ0v) is 65.3. The van der Waals surface area contributed by atoms with Crippen LogP contribution in [0, 0.1) is 0 Å². The second kappa shape index (κ2) is 71.1. The lowest BCUT2D eigenvalue weighted by molar-refractivity contribution is -0.359. The molecule has 0 aromatic rings. The molecule has 2 aliphatic rings. The van der Waals surface area contributed by atoms with Gasteiger partial charge in [0.05, 0.1) is 32.0 Å². The molecule has 0 radical (unpaired) electrons. The summed E-state index contributed by atoms with van der Waals surface area (Å²) in [5.41, 5.74) is 0. The lowest BCUT2D eigenvalue weighted by Crippen LogP contribution is -2.65. The lowest BCUT2D eigenvalue weighted by atomic mass is 9.97. The maximum atomic E-state index is 13.4. The van der Waals surface area contributed by atoms with Gasteiger partial charge in [0.2, 0.25) is 5.91 Å². The third-order valence-corrected chi connectivity index (χ3v) is 20.5. The predicted octanol–water partition coefficient (Wildman–Crippen LogP) is 20.3. The molecule has 0 aromatic carbocycles. The predicted molar refractivity (Wildman–Crippen MR) is 424 cm³/mol. The number of amides is 1. The number of nitrogens with one attached hydrogen (secondary N) is 1. The normalized spacial score (nSPS) is 22.1. The molecule has 594 valence electrons. The van der Waals surface area contributed by atoms with Crippen molar-refractivity contribution in [3.8, 4) is 0 Å². The Morgan fingerprint density at radius 2 is 0.686 bits per heavy atom. The molecule has 0 saturated carbocycles. The molecule has 2 aliphatic heterocycles. The fourth-order valence-electron chi connectivity index (χ4n) is 13.9. The highest BCUT2D eigenvalue weighted by Crippen LogP contribution is 2.30. The quantitative estimate of drug-likeness (QED) is 0.0204. The van der Waals surface area contributed by atoms with Crippen LogP contribution in [0.25, 0.3) is 0 Å². The highest BCUT2D eigenvalue weighted by atomic mass is 16.7. The summed E-state index contributed by atoms with van der Waals surface area (Å²) in [6.45, 7) is 2.72. The summed E-state index contributed by atoms with van der Waals surface area (Å²) in [7, 11) is 0. The number of carbonyl (C=O) groups is 1. The summed E-state index contributed by atoms with van der Waals surface area (Å²) in [5.74, 6) is -0.247. The molecule has 2 heterocycles. The molecule has 12 unspecified atom stereocenters. The van der Waals surface area contributed by atoms with E-state index < -0.39 is 86.8 Å². The zero-order valence-electron chi connectivity index (χ0n) is 65.3. The van der Waals surface area contributed by atoms with Crippen molar-refractivity contribution in [1.29, 1.82) is 0 Å². The molecule has 0 spiro atoms. The third kappa shape index (κ3) is 53.0. The first-order valence-electron chi connectivity index (χ1n) is 42.8. The van der Waals surface area contributed by atoms with E-state index in [-0.39, 0.29) is 18.9 Å². The first-order valence-corrected chi connectivity index (χ1v) is 42.8. The summed E-state index contributed by atoms with van der Waals surface area (Å²) in [5, 5.41) is 87.7.